The third-order valence-electron chi connectivity index (χ3n) is 2.80. The van der Waals surface area contributed by atoms with Crippen molar-refractivity contribution in [3.8, 4) is 10.6 Å². The van der Waals surface area contributed by atoms with Gasteiger partial charge in [0.15, 0.2) is 0 Å². The minimum Gasteiger partial charge on any atom is -0.309 e. The second kappa shape index (κ2) is 3.96. The van der Waals surface area contributed by atoms with Gasteiger partial charge in [0.25, 0.3) is 0 Å². The van der Waals surface area contributed by atoms with E-state index in [1.807, 2.05) is 12.3 Å². The Morgan fingerprint density at radius 3 is 3.25 bits per heavy atom. The van der Waals surface area contributed by atoms with Crippen LogP contribution in [0.5, 0.6) is 0 Å². The molecule has 0 amide bonds. The molecule has 3 nitrogen and oxygen atoms in total. The van der Waals surface area contributed by atoms with E-state index in [9.17, 15) is 0 Å². The van der Waals surface area contributed by atoms with Crippen molar-refractivity contribution in [2.45, 2.75) is 25.9 Å². The molecule has 0 spiro atoms. The summed E-state index contributed by atoms with van der Waals surface area (Å²) in [6, 6.07) is 4.56. The molecular formula is C12H13N3S. The molecule has 0 fully saturated rings. The van der Waals surface area contributed by atoms with Gasteiger partial charge in [-0.15, -0.1) is 11.3 Å². The Bertz CT molecular complexity index is 492. The molecule has 1 aliphatic rings. The summed E-state index contributed by atoms with van der Waals surface area (Å²) in [5.74, 6) is 0. The van der Waals surface area contributed by atoms with E-state index in [4.69, 9.17) is 4.98 Å². The lowest BCUT2D eigenvalue weighted by molar-refractivity contribution is 0.513. The summed E-state index contributed by atoms with van der Waals surface area (Å²) in [5, 5.41) is 4.55. The summed E-state index contributed by atoms with van der Waals surface area (Å²) >= 11 is 1.78. The third kappa shape index (κ3) is 1.74. The molecule has 0 saturated carbocycles. The second-order valence-electron chi connectivity index (χ2n) is 4.12. The normalized spacial score (nSPS) is 19.4. The molecule has 16 heavy (non-hydrogen) atoms. The lowest BCUT2D eigenvalue weighted by Gasteiger charge is -2.18. The van der Waals surface area contributed by atoms with Crippen molar-refractivity contribution in [2.24, 2.45) is 0 Å². The third-order valence-corrected chi connectivity index (χ3v) is 3.94. The highest BCUT2D eigenvalue weighted by Crippen LogP contribution is 2.29. The standard InChI is InChI=1S/C12H13N3S/c1-8-5-10-11(7-14-8)16-12(15-10)9-3-2-4-13-6-9/h2-4,6,8,14H,5,7H2,1H3. The molecule has 1 atom stereocenters. The average molecular weight is 231 g/mol. The van der Waals surface area contributed by atoms with Gasteiger partial charge in [0.05, 0.1) is 5.69 Å². The zero-order chi connectivity index (χ0) is 11.0. The van der Waals surface area contributed by atoms with Gasteiger partial charge >= 0.3 is 0 Å². The number of pyridine rings is 1. The van der Waals surface area contributed by atoms with Crippen LogP contribution in [0.25, 0.3) is 10.6 Å². The van der Waals surface area contributed by atoms with Gasteiger partial charge < -0.3 is 5.32 Å². The van der Waals surface area contributed by atoms with E-state index >= 15 is 0 Å². The summed E-state index contributed by atoms with van der Waals surface area (Å²) in [6.45, 7) is 3.15. The van der Waals surface area contributed by atoms with Crippen LogP contribution in [0.1, 0.15) is 17.5 Å². The highest BCUT2D eigenvalue weighted by atomic mass is 32.1. The van der Waals surface area contributed by atoms with Crippen LogP contribution >= 0.6 is 11.3 Å². The van der Waals surface area contributed by atoms with Gasteiger partial charge in [-0.1, -0.05) is 0 Å². The van der Waals surface area contributed by atoms with Crippen LogP contribution in [0.15, 0.2) is 24.5 Å². The highest BCUT2D eigenvalue weighted by molar-refractivity contribution is 7.15. The van der Waals surface area contributed by atoms with Crippen LogP contribution < -0.4 is 5.32 Å². The van der Waals surface area contributed by atoms with Crippen molar-refractivity contribution in [3.63, 3.8) is 0 Å². The first-order valence-electron chi connectivity index (χ1n) is 5.45. The molecule has 3 rings (SSSR count). The Balaban J connectivity index is 1.99. The van der Waals surface area contributed by atoms with E-state index < -0.39 is 0 Å². The van der Waals surface area contributed by atoms with Crippen LogP contribution in [-0.4, -0.2) is 16.0 Å². The fourth-order valence-corrected chi connectivity index (χ4v) is 2.95. The van der Waals surface area contributed by atoms with E-state index in [0.717, 1.165) is 23.5 Å². The number of thiazole rings is 1. The molecule has 3 heterocycles. The van der Waals surface area contributed by atoms with Gasteiger partial charge in [-0.2, -0.15) is 0 Å². The van der Waals surface area contributed by atoms with Crippen molar-refractivity contribution in [1.29, 1.82) is 0 Å². The monoisotopic (exact) mass is 231 g/mol. The van der Waals surface area contributed by atoms with E-state index in [1.165, 1.54) is 10.6 Å². The number of nitrogens with zero attached hydrogens (tertiary/aromatic N) is 2. The Kier molecular flexibility index (Phi) is 2.46. The predicted molar refractivity (Wildman–Crippen MR) is 65.4 cm³/mol. The molecule has 0 radical (unpaired) electrons. The summed E-state index contributed by atoms with van der Waals surface area (Å²) < 4.78 is 0. The number of rotatable bonds is 1. The minimum absolute atomic E-state index is 0.538. The van der Waals surface area contributed by atoms with E-state index in [0.29, 0.717) is 6.04 Å². The van der Waals surface area contributed by atoms with Crippen LogP contribution in [0.4, 0.5) is 0 Å². The van der Waals surface area contributed by atoms with Gasteiger partial charge in [0.2, 0.25) is 0 Å². The van der Waals surface area contributed by atoms with Crippen LogP contribution in [-0.2, 0) is 13.0 Å². The Labute approximate surface area is 98.6 Å². The van der Waals surface area contributed by atoms with Crippen molar-refractivity contribution >= 4 is 11.3 Å². The van der Waals surface area contributed by atoms with E-state index in [2.05, 4.69) is 23.3 Å². The molecule has 1 aliphatic heterocycles. The van der Waals surface area contributed by atoms with Gasteiger partial charge in [0.1, 0.15) is 5.01 Å². The molecule has 0 aliphatic carbocycles. The summed E-state index contributed by atoms with van der Waals surface area (Å²) in [4.78, 5) is 10.2. The molecule has 1 N–H and O–H groups in total. The van der Waals surface area contributed by atoms with Crippen molar-refractivity contribution in [2.75, 3.05) is 0 Å². The Hall–Kier alpha value is -1.26. The number of fused-ring (bicyclic) bond motifs is 1. The van der Waals surface area contributed by atoms with Crippen molar-refractivity contribution < 1.29 is 0 Å². The molecule has 82 valence electrons. The van der Waals surface area contributed by atoms with E-state index in [-0.39, 0.29) is 0 Å². The zero-order valence-electron chi connectivity index (χ0n) is 9.10. The fourth-order valence-electron chi connectivity index (χ4n) is 1.92. The Morgan fingerprint density at radius 2 is 2.44 bits per heavy atom. The number of hydrogen-bond donors (Lipinski definition) is 1. The SMILES string of the molecule is CC1Cc2nc(-c3cccnc3)sc2CN1. The predicted octanol–water partition coefficient (Wildman–Crippen LogP) is 2.24. The summed E-state index contributed by atoms with van der Waals surface area (Å²) in [6.07, 6.45) is 4.70. The first kappa shape index (κ1) is 9.93. The lowest BCUT2D eigenvalue weighted by atomic mass is 10.1. The molecule has 1 unspecified atom stereocenters. The fraction of sp³-hybridized carbons (Fsp3) is 0.333. The summed E-state index contributed by atoms with van der Waals surface area (Å²) in [7, 11) is 0. The first-order chi connectivity index (χ1) is 7.83. The smallest absolute Gasteiger partial charge is 0.125 e. The Morgan fingerprint density at radius 1 is 1.50 bits per heavy atom. The average Bonchev–Trinajstić information content (AvgIpc) is 2.73. The highest BCUT2D eigenvalue weighted by Gasteiger charge is 2.19. The van der Waals surface area contributed by atoms with Crippen LogP contribution in [0.2, 0.25) is 0 Å². The molecule has 0 saturated heterocycles. The van der Waals surface area contributed by atoms with E-state index in [1.54, 1.807) is 17.5 Å². The molecule has 0 aromatic carbocycles. The summed E-state index contributed by atoms with van der Waals surface area (Å²) in [5.41, 5.74) is 2.38. The maximum Gasteiger partial charge on any atom is 0.125 e. The maximum absolute atomic E-state index is 4.71. The van der Waals surface area contributed by atoms with Crippen molar-refractivity contribution in [1.82, 2.24) is 15.3 Å². The topological polar surface area (TPSA) is 37.8 Å². The second-order valence-corrected chi connectivity index (χ2v) is 5.20. The molecule has 2 aromatic heterocycles. The molecular weight excluding hydrogens is 218 g/mol. The van der Waals surface area contributed by atoms with Gasteiger partial charge in [0, 0.05) is 41.8 Å². The molecule has 2 aromatic rings. The van der Waals surface area contributed by atoms with Gasteiger partial charge in [-0.3, -0.25) is 4.98 Å². The van der Waals surface area contributed by atoms with Crippen LogP contribution in [0.3, 0.4) is 0 Å². The zero-order valence-corrected chi connectivity index (χ0v) is 9.92. The first-order valence-corrected chi connectivity index (χ1v) is 6.27. The van der Waals surface area contributed by atoms with Crippen molar-refractivity contribution in [3.05, 3.63) is 35.1 Å². The van der Waals surface area contributed by atoms with Gasteiger partial charge in [-0.25, -0.2) is 4.98 Å². The van der Waals surface area contributed by atoms with Gasteiger partial charge in [-0.05, 0) is 19.1 Å². The van der Waals surface area contributed by atoms with Crippen LogP contribution in [0, 0.1) is 0 Å². The molecule has 0 bridgehead atoms. The number of nitrogens with one attached hydrogen (secondary N) is 1. The molecule has 4 heteroatoms. The number of aromatic nitrogens is 2. The maximum atomic E-state index is 4.71. The number of hydrogen-bond acceptors (Lipinski definition) is 4. The minimum atomic E-state index is 0.538. The largest absolute Gasteiger partial charge is 0.309 e. The lowest BCUT2D eigenvalue weighted by Crippen LogP contribution is -2.32. The quantitative estimate of drug-likeness (QED) is 0.818.